The molecule has 14 nitrogen and oxygen atoms in total. The van der Waals surface area contributed by atoms with Crippen molar-refractivity contribution in [1.82, 2.24) is 39.1 Å². The minimum Gasteiger partial charge on any atom is -0.394 e. The van der Waals surface area contributed by atoms with Crippen molar-refractivity contribution in [3.05, 3.63) is 164 Å². The minimum absolute atomic E-state index is 0.168. The summed E-state index contributed by atoms with van der Waals surface area (Å²) < 4.78 is 117. The van der Waals surface area contributed by atoms with E-state index in [0.29, 0.717) is 32.5 Å². The molecule has 0 saturated carbocycles. The van der Waals surface area contributed by atoms with Gasteiger partial charge in [0.1, 0.15) is 23.8 Å². The number of rotatable bonds is 11. The van der Waals surface area contributed by atoms with Gasteiger partial charge in [0, 0.05) is 10.8 Å². The van der Waals surface area contributed by atoms with Crippen LogP contribution < -0.4 is 0 Å². The van der Waals surface area contributed by atoms with Crippen molar-refractivity contribution in [3.63, 3.8) is 0 Å². The highest BCUT2D eigenvalue weighted by molar-refractivity contribution is 9.11. The molecule has 8 aromatic rings. The maximum Gasteiger partial charge on any atom is 0.427 e. The van der Waals surface area contributed by atoms with Crippen LogP contribution in [0.1, 0.15) is 33.9 Å². The van der Waals surface area contributed by atoms with Gasteiger partial charge in [-0.05, 0) is 116 Å². The lowest BCUT2D eigenvalue weighted by molar-refractivity contribution is -0.251. The monoisotopic (exact) mass is 1070 g/mol. The van der Waals surface area contributed by atoms with Gasteiger partial charge in [0.25, 0.3) is 0 Å². The summed E-state index contributed by atoms with van der Waals surface area (Å²) in [4.78, 5) is 0. The molecule has 0 amide bonds. The summed E-state index contributed by atoms with van der Waals surface area (Å²) in [7, 11) is 0. The molecule has 4 N–H and O–H groups in total. The van der Waals surface area contributed by atoms with Gasteiger partial charge in [-0.2, -0.15) is 57.3 Å². The largest absolute Gasteiger partial charge is 0.427 e. The number of benzene rings is 4. The smallest absolute Gasteiger partial charge is 0.394 e. The zero-order chi connectivity index (χ0) is 49.5. The molecule has 3 atom stereocenters. The van der Waals surface area contributed by atoms with Crippen LogP contribution in [0.4, 0.5) is 35.1 Å². The quantitative estimate of drug-likeness (QED) is 0.0725. The average Bonchev–Trinajstić information content (AvgIpc) is 4.08. The topological polar surface area (TPSA) is 200 Å². The van der Waals surface area contributed by atoms with Crippen LogP contribution in [0.5, 0.6) is 0 Å². The molecule has 4 heterocycles. The second-order valence-corrected chi connectivity index (χ2v) is 16.4. The lowest BCUT2D eigenvalue weighted by Gasteiger charge is -2.32. The summed E-state index contributed by atoms with van der Waals surface area (Å²) in [5.74, 6) is -0.904. The summed E-state index contributed by atoms with van der Waals surface area (Å²) in [5.41, 5.74) is -8.64. The van der Waals surface area contributed by atoms with Crippen LogP contribution in [0.2, 0.25) is 0 Å². The molecule has 0 fully saturated rings. The Balaban J connectivity index is 0.000000202. The number of alkyl halides is 6. The third-order valence-corrected chi connectivity index (χ3v) is 12.0. The zero-order valence-corrected chi connectivity index (χ0v) is 37.4. The van der Waals surface area contributed by atoms with Crippen LogP contribution in [0, 0.1) is 34.3 Å². The summed E-state index contributed by atoms with van der Waals surface area (Å²) >= 11 is 5.93. The van der Waals surface area contributed by atoms with Crippen molar-refractivity contribution in [2.24, 2.45) is 0 Å². The van der Waals surface area contributed by atoms with Gasteiger partial charge in [-0.15, -0.1) is 6.58 Å². The SMILES string of the molecule is C=CCn1nc(C#N)c(Br)c1C(O)(c1ccc2c(cnn2-c2ccc(F)cc2)c1)C(F)(F)F.N#Cc1nn(CC(O)CO)c(C(O)(c2ccc3c(cnn3-c3ccc(F)cc3)c2)C(F)(F)F)c1Br. The third-order valence-electron chi connectivity index (χ3n) is 10.5. The number of allylic oxidation sites excluding steroid dienone is 1. The molecule has 4 aromatic carbocycles. The van der Waals surface area contributed by atoms with Gasteiger partial charge < -0.3 is 20.4 Å². The van der Waals surface area contributed by atoms with Crippen molar-refractivity contribution >= 4 is 53.7 Å². The van der Waals surface area contributed by atoms with Crippen LogP contribution in [0.3, 0.4) is 0 Å². The number of nitriles is 2. The minimum atomic E-state index is -5.29. The summed E-state index contributed by atoms with van der Waals surface area (Å²) in [6.07, 6.45) is -8.01. The first-order valence-corrected chi connectivity index (χ1v) is 21.0. The molecule has 350 valence electrons. The fourth-order valence-electron chi connectivity index (χ4n) is 7.32. The van der Waals surface area contributed by atoms with Gasteiger partial charge in [-0.25, -0.2) is 18.1 Å². The van der Waals surface area contributed by atoms with E-state index < -0.39 is 87.1 Å². The first kappa shape index (κ1) is 49.1. The Kier molecular flexibility index (Phi) is 13.5. The number of hydrogen-bond acceptors (Lipinski definition) is 10. The Morgan fingerprint density at radius 2 is 1.06 bits per heavy atom. The van der Waals surface area contributed by atoms with Crippen LogP contribution in [-0.4, -0.2) is 84.6 Å². The predicted octanol–water partition coefficient (Wildman–Crippen LogP) is 8.13. The van der Waals surface area contributed by atoms with Gasteiger partial charge in [-0.3, -0.25) is 9.36 Å². The normalized spacial score (nSPS) is 14.1. The van der Waals surface area contributed by atoms with Crippen molar-refractivity contribution in [2.45, 2.75) is 42.7 Å². The fraction of sp³-hybridized carbons (Fsp3) is 0.182. The zero-order valence-electron chi connectivity index (χ0n) is 34.3. The molecular formula is C44H30Br2F8N10O4. The maximum atomic E-state index is 14.5. The Morgan fingerprint density at radius 3 is 1.43 bits per heavy atom. The number of halogens is 10. The molecule has 0 aliphatic carbocycles. The van der Waals surface area contributed by atoms with Crippen LogP contribution in [0.25, 0.3) is 33.2 Å². The van der Waals surface area contributed by atoms with E-state index in [0.717, 1.165) is 22.9 Å². The highest BCUT2D eigenvalue weighted by atomic mass is 79.9. The number of aliphatic hydroxyl groups is 4. The molecule has 24 heteroatoms. The molecule has 68 heavy (non-hydrogen) atoms. The number of hydrogen-bond donors (Lipinski definition) is 4. The molecule has 0 aliphatic heterocycles. The van der Waals surface area contributed by atoms with Crippen LogP contribution in [0.15, 0.2) is 119 Å². The molecule has 0 bridgehead atoms. The maximum absolute atomic E-state index is 14.5. The summed E-state index contributed by atoms with van der Waals surface area (Å²) in [6, 6.07) is 21.3. The number of nitrogens with zero attached hydrogens (tertiary/aromatic N) is 10. The number of aliphatic hydroxyl groups excluding tert-OH is 2. The highest BCUT2D eigenvalue weighted by Crippen LogP contribution is 2.49. The lowest BCUT2D eigenvalue weighted by Crippen LogP contribution is -2.45. The van der Waals surface area contributed by atoms with E-state index in [-0.39, 0.29) is 22.1 Å². The van der Waals surface area contributed by atoms with E-state index in [1.165, 1.54) is 94.6 Å². The molecule has 0 aliphatic rings. The Morgan fingerprint density at radius 1 is 0.662 bits per heavy atom. The molecule has 8 rings (SSSR count). The van der Waals surface area contributed by atoms with Gasteiger partial charge >= 0.3 is 12.4 Å². The van der Waals surface area contributed by atoms with Crippen LogP contribution in [-0.2, 0) is 24.3 Å². The molecular weight excluding hydrogens is 1040 g/mol. The van der Waals surface area contributed by atoms with Crippen molar-refractivity contribution in [1.29, 1.82) is 10.5 Å². The van der Waals surface area contributed by atoms with Gasteiger partial charge in [0.2, 0.25) is 11.2 Å². The Labute approximate surface area is 394 Å². The van der Waals surface area contributed by atoms with E-state index in [2.05, 4.69) is 58.8 Å². The molecule has 0 radical (unpaired) electrons. The molecule has 0 saturated heterocycles. The van der Waals surface area contributed by atoms with E-state index in [4.69, 9.17) is 5.11 Å². The van der Waals surface area contributed by atoms with E-state index >= 15 is 0 Å². The highest BCUT2D eigenvalue weighted by Gasteiger charge is 2.61. The van der Waals surface area contributed by atoms with Gasteiger partial charge in [0.15, 0.2) is 11.4 Å². The number of fused-ring (bicyclic) bond motifs is 2. The average molecular weight is 1070 g/mol. The molecule has 4 aromatic heterocycles. The van der Waals surface area contributed by atoms with E-state index in [9.17, 15) is 61.0 Å². The Hall–Kier alpha value is -6.80. The van der Waals surface area contributed by atoms with Crippen molar-refractivity contribution < 1.29 is 55.5 Å². The van der Waals surface area contributed by atoms with Crippen LogP contribution >= 0.6 is 31.9 Å². The summed E-state index contributed by atoms with van der Waals surface area (Å²) in [5, 5.41) is 76.4. The second kappa shape index (κ2) is 18.7. The fourth-order valence-corrected chi connectivity index (χ4v) is 8.64. The second-order valence-electron chi connectivity index (χ2n) is 14.8. The van der Waals surface area contributed by atoms with E-state index in [1.807, 2.05) is 0 Å². The van der Waals surface area contributed by atoms with Crippen molar-refractivity contribution in [2.75, 3.05) is 6.61 Å². The lowest BCUT2D eigenvalue weighted by atomic mass is 9.88. The van der Waals surface area contributed by atoms with Gasteiger partial charge in [0.05, 0.1) is 80.9 Å². The molecule has 0 spiro atoms. The van der Waals surface area contributed by atoms with Gasteiger partial charge in [-0.1, -0.05) is 18.2 Å². The first-order chi connectivity index (χ1) is 32.1. The standard InChI is InChI=1S/C22H16BrF4N5O3.C22H14BrF4N5O/c23-19-17(8-28)30-31(10-16(34)11-33)20(19)21(35,22(25,26)27)13-1-6-18-12(7-13)9-29-32(18)15-4-2-14(24)3-5-15;1-2-9-31-20(19(23)17(11-28)30-31)21(33,22(25,26)27)14-3-8-18-13(10-14)12-29-32(18)16-6-4-15(24)5-7-16/h1-7,9,16,33-35H,10-11H2;2-8,10,12,33H,1,9H2. The Bertz CT molecular complexity index is 3260. The first-order valence-electron chi connectivity index (χ1n) is 19.4. The summed E-state index contributed by atoms with van der Waals surface area (Å²) in [6.45, 7) is 1.94. The molecule has 3 unspecified atom stereocenters. The number of aromatic nitrogens is 8. The third kappa shape index (κ3) is 8.66. The van der Waals surface area contributed by atoms with E-state index in [1.54, 1.807) is 12.1 Å². The van der Waals surface area contributed by atoms with Crippen molar-refractivity contribution in [3.8, 4) is 23.5 Å². The predicted molar refractivity (Wildman–Crippen MR) is 233 cm³/mol.